The third-order valence-corrected chi connectivity index (χ3v) is 6.86. The Hall–Kier alpha value is -1.90. The first-order chi connectivity index (χ1) is 16.3. The predicted molar refractivity (Wildman–Crippen MR) is 149 cm³/mol. The molecule has 0 unspecified atom stereocenters. The molecule has 0 bridgehead atoms. The van der Waals surface area contributed by atoms with E-state index in [-0.39, 0.29) is 0 Å². The lowest BCUT2D eigenvalue weighted by atomic mass is 9.95. The summed E-state index contributed by atoms with van der Waals surface area (Å²) in [6, 6.07) is 16.7. The van der Waals surface area contributed by atoms with Gasteiger partial charge in [-0.25, -0.2) is 4.98 Å². The molecule has 0 radical (unpaired) electrons. The van der Waals surface area contributed by atoms with Gasteiger partial charge in [-0.2, -0.15) is 5.21 Å². The maximum Gasteiger partial charge on any atom is 0.204 e. The van der Waals surface area contributed by atoms with Gasteiger partial charge in [-0.3, -0.25) is 0 Å². The van der Waals surface area contributed by atoms with Crippen LogP contribution in [-0.4, -0.2) is 25.6 Å². The Labute approximate surface area is 226 Å². The van der Waals surface area contributed by atoms with Crippen molar-refractivity contribution in [2.75, 3.05) is 0 Å². The van der Waals surface area contributed by atoms with Gasteiger partial charge in [0.05, 0.1) is 0 Å². The fraction of sp³-hybridized carbons (Fsp3) is 0.308. The number of hydrogen-bond donors (Lipinski definition) is 1. The van der Waals surface area contributed by atoms with Gasteiger partial charge in [0, 0.05) is 20.2 Å². The van der Waals surface area contributed by atoms with E-state index in [1.807, 2.05) is 18.2 Å². The molecule has 0 amide bonds. The van der Waals surface area contributed by atoms with Crippen molar-refractivity contribution < 1.29 is 0 Å². The maximum absolute atomic E-state index is 4.67. The molecule has 2 aromatic heterocycles. The highest BCUT2D eigenvalue weighted by Crippen LogP contribution is 2.25. The molecule has 2 aromatic carbocycles. The molecule has 4 aromatic rings. The number of benzene rings is 2. The lowest BCUT2D eigenvalue weighted by Crippen LogP contribution is -2.03. The molecule has 0 fully saturated rings. The van der Waals surface area contributed by atoms with Crippen LogP contribution < -0.4 is 0 Å². The molecule has 4 rings (SSSR count). The lowest BCUT2D eigenvalue weighted by molar-refractivity contribution is 0.821. The van der Waals surface area contributed by atoms with Crippen LogP contribution in [0.25, 0.3) is 11.4 Å². The first kappa shape index (κ1) is 26.7. The van der Waals surface area contributed by atoms with Crippen LogP contribution in [-0.2, 0) is 19.3 Å². The average Bonchev–Trinajstić information content (AvgIpc) is 3.34. The largest absolute Gasteiger partial charge is 0.246 e. The van der Waals surface area contributed by atoms with Crippen LogP contribution in [0.5, 0.6) is 0 Å². The second-order valence-corrected chi connectivity index (χ2v) is 11.0. The van der Waals surface area contributed by atoms with Crippen molar-refractivity contribution in [3.8, 4) is 11.4 Å². The van der Waals surface area contributed by atoms with Gasteiger partial charge < -0.3 is 0 Å². The minimum Gasteiger partial charge on any atom is -0.246 e. The van der Waals surface area contributed by atoms with Crippen molar-refractivity contribution in [1.29, 1.82) is 0 Å². The summed E-state index contributed by atoms with van der Waals surface area (Å²) < 4.78 is 3.19. The Kier molecular flexibility index (Phi) is 9.97. The predicted octanol–water partition coefficient (Wildman–Crippen LogP) is 8.02. The molecule has 178 valence electrons. The number of nitrogens with zero attached hydrogens (tertiary/aromatic N) is 4. The summed E-state index contributed by atoms with van der Waals surface area (Å²) in [6.45, 7) is 8.75. The molecule has 34 heavy (non-hydrogen) atoms. The van der Waals surface area contributed by atoms with E-state index in [1.54, 1.807) is 0 Å². The molecular weight excluding hydrogens is 622 g/mol. The summed E-state index contributed by atoms with van der Waals surface area (Å²) in [5, 5.41) is 14.1. The molecule has 0 aliphatic heterocycles. The van der Waals surface area contributed by atoms with E-state index >= 15 is 0 Å². The Morgan fingerprint density at radius 1 is 0.882 bits per heavy atom. The fourth-order valence-electron chi connectivity index (χ4n) is 3.67. The monoisotopic (exact) mass is 647 g/mol. The van der Waals surface area contributed by atoms with E-state index in [1.165, 1.54) is 22.3 Å². The molecular formula is C26H28Br3N5. The highest BCUT2D eigenvalue weighted by Gasteiger charge is 2.11. The topological polar surface area (TPSA) is 67.3 Å². The third kappa shape index (κ3) is 7.55. The van der Waals surface area contributed by atoms with Gasteiger partial charge >= 0.3 is 0 Å². The number of tetrazole rings is 1. The van der Waals surface area contributed by atoms with Crippen LogP contribution in [0.4, 0.5) is 0 Å². The quantitative estimate of drug-likeness (QED) is 0.215. The van der Waals surface area contributed by atoms with E-state index in [0.29, 0.717) is 11.7 Å². The molecule has 1 N–H and O–H groups in total. The molecule has 0 aliphatic carbocycles. The first-order valence-corrected chi connectivity index (χ1v) is 13.6. The van der Waals surface area contributed by atoms with Gasteiger partial charge in [-0.05, 0) is 99.8 Å². The molecule has 0 saturated heterocycles. The van der Waals surface area contributed by atoms with E-state index in [2.05, 4.69) is 131 Å². The molecule has 2 heterocycles. The maximum atomic E-state index is 4.67. The van der Waals surface area contributed by atoms with E-state index < -0.39 is 0 Å². The Morgan fingerprint density at radius 2 is 1.56 bits per heavy atom. The number of aromatic nitrogens is 5. The van der Waals surface area contributed by atoms with Gasteiger partial charge in [0.2, 0.25) is 5.82 Å². The van der Waals surface area contributed by atoms with Gasteiger partial charge in [0.1, 0.15) is 4.60 Å². The number of pyridine rings is 1. The van der Waals surface area contributed by atoms with Gasteiger partial charge in [0.25, 0.3) is 0 Å². The number of H-pyrrole nitrogens is 1. The number of aromatic amines is 1. The summed E-state index contributed by atoms with van der Waals surface area (Å²) in [5.41, 5.74) is 7.41. The van der Waals surface area contributed by atoms with Crippen LogP contribution in [0, 0.1) is 6.92 Å². The van der Waals surface area contributed by atoms with Crippen molar-refractivity contribution in [3.05, 3.63) is 90.0 Å². The molecule has 8 heteroatoms. The normalized spacial score (nSPS) is 10.8. The number of aryl methyl sites for hydroxylation is 3. The van der Waals surface area contributed by atoms with Crippen molar-refractivity contribution in [3.63, 3.8) is 0 Å². The summed E-state index contributed by atoms with van der Waals surface area (Å²) >= 11 is 10.4. The molecule has 0 atom stereocenters. The highest BCUT2D eigenvalue weighted by molar-refractivity contribution is 9.11. The minimum atomic E-state index is 0.497. The van der Waals surface area contributed by atoms with E-state index in [0.717, 1.165) is 44.1 Å². The Bertz CT molecular complexity index is 1190. The van der Waals surface area contributed by atoms with Crippen molar-refractivity contribution in [1.82, 2.24) is 25.6 Å². The fourth-order valence-corrected chi connectivity index (χ4v) is 5.52. The Morgan fingerprint density at radius 3 is 2.12 bits per heavy atom. The summed E-state index contributed by atoms with van der Waals surface area (Å²) in [4.78, 5) is 4.67. The molecule has 0 spiro atoms. The second kappa shape index (κ2) is 12.7. The summed E-state index contributed by atoms with van der Waals surface area (Å²) in [7, 11) is 0. The zero-order chi connectivity index (χ0) is 24.7. The highest BCUT2D eigenvalue weighted by atomic mass is 79.9. The zero-order valence-corrected chi connectivity index (χ0v) is 24.5. The van der Waals surface area contributed by atoms with E-state index in [9.17, 15) is 0 Å². The minimum absolute atomic E-state index is 0.497. The van der Waals surface area contributed by atoms with Gasteiger partial charge in [-0.15, -0.1) is 10.2 Å². The molecule has 5 nitrogen and oxygen atoms in total. The first-order valence-electron chi connectivity index (χ1n) is 11.2. The number of nitrogens with one attached hydrogen (secondary N) is 1. The van der Waals surface area contributed by atoms with Crippen LogP contribution in [0.2, 0.25) is 0 Å². The standard InChI is InChI=1S/C18H20BrN5.C8H8Br2/c1-11(2)15-10-17(19)20-16(12(15)3)9-6-13-4-7-14(8-5-13)18-21-23-24-22-18;1-2-6-3-7(9)5-8(10)4-6/h4-5,7-8,10-11H,6,9H2,1-3H3,(H,21,22,23,24);3-5H,2H2,1H3. The van der Waals surface area contributed by atoms with E-state index in [4.69, 9.17) is 0 Å². The zero-order valence-electron chi connectivity index (χ0n) is 19.7. The molecule has 0 aliphatic rings. The smallest absolute Gasteiger partial charge is 0.204 e. The summed E-state index contributed by atoms with van der Waals surface area (Å²) in [6.07, 6.45) is 2.96. The SMILES string of the molecule is CCc1cc(Br)cc(Br)c1.Cc1c(C(C)C)cc(Br)nc1CCc1ccc(-c2nn[nH]n2)cc1. The number of hydrogen-bond acceptors (Lipinski definition) is 4. The molecule has 0 saturated carbocycles. The number of rotatable bonds is 6. The van der Waals surface area contributed by atoms with Crippen molar-refractivity contribution >= 4 is 47.8 Å². The third-order valence-electron chi connectivity index (χ3n) is 5.54. The lowest BCUT2D eigenvalue weighted by Gasteiger charge is -2.14. The number of halogens is 3. The van der Waals surface area contributed by atoms with Crippen LogP contribution >= 0.6 is 47.8 Å². The van der Waals surface area contributed by atoms with Crippen LogP contribution in [0.3, 0.4) is 0 Å². The average molecular weight is 650 g/mol. The van der Waals surface area contributed by atoms with Crippen LogP contribution in [0.1, 0.15) is 54.6 Å². The summed E-state index contributed by atoms with van der Waals surface area (Å²) in [5.74, 6) is 1.12. The second-order valence-electron chi connectivity index (χ2n) is 8.32. The van der Waals surface area contributed by atoms with Crippen molar-refractivity contribution in [2.45, 2.75) is 52.9 Å². The van der Waals surface area contributed by atoms with Gasteiger partial charge in [-0.1, -0.05) is 76.9 Å². The Balaban J connectivity index is 0.000000271. The van der Waals surface area contributed by atoms with Gasteiger partial charge in [0.15, 0.2) is 0 Å². The van der Waals surface area contributed by atoms with Crippen LogP contribution in [0.15, 0.2) is 62.1 Å². The van der Waals surface area contributed by atoms with Crippen molar-refractivity contribution in [2.24, 2.45) is 0 Å².